The Morgan fingerprint density at radius 1 is 1.17 bits per heavy atom. The van der Waals surface area contributed by atoms with Gasteiger partial charge in [0.1, 0.15) is 17.1 Å². The Balaban J connectivity index is 1.64. The second kappa shape index (κ2) is 7.65. The predicted octanol–water partition coefficient (Wildman–Crippen LogP) is 5.78. The molecule has 1 heterocycles. The van der Waals surface area contributed by atoms with Crippen molar-refractivity contribution in [3.8, 4) is 5.75 Å². The van der Waals surface area contributed by atoms with Crippen LogP contribution in [0, 0.1) is 11.3 Å². The molecule has 30 heavy (non-hydrogen) atoms. The van der Waals surface area contributed by atoms with E-state index in [2.05, 4.69) is 25.5 Å². The van der Waals surface area contributed by atoms with E-state index in [4.69, 9.17) is 9.15 Å². The Labute approximate surface area is 178 Å². The van der Waals surface area contributed by atoms with Gasteiger partial charge in [-0.3, -0.25) is 4.72 Å². The van der Waals surface area contributed by atoms with Crippen LogP contribution in [0.25, 0.3) is 11.0 Å². The summed E-state index contributed by atoms with van der Waals surface area (Å²) in [6.07, 6.45) is 4.17. The van der Waals surface area contributed by atoms with Gasteiger partial charge in [0.05, 0.1) is 12.0 Å². The van der Waals surface area contributed by atoms with Crippen molar-refractivity contribution in [3.63, 3.8) is 0 Å². The summed E-state index contributed by atoms with van der Waals surface area (Å²) in [7, 11) is -2.14. The van der Waals surface area contributed by atoms with Crippen LogP contribution in [-0.2, 0) is 22.9 Å². The largest absolute Gasteiger partial charge is 0.497 e. The molecule has 0 saturated heterocycles. The van der Waals surface area contributed by atoms with E-state index in [1.165, 1.54) is 17.7 Å². The molecule has 0 saturated carbocycles. The fourth-order valence-electron chi connectivity index (χ4n) is 4.27. The number of benzene rings is 2. The van der Waals surface area contributed by atoms with Gasteiger partial charge in [0.15, 0.2) is 0 Å². The van der Waals surface area contributed by atoms with Crippen LogP contribution >= 0.6 is 0 Å². The van der Waals surface area contributed by atoms with Crippen molar-refractivity contribution in [2.24, 2.45) is 11.3 Å². The second-order valence-corrected chi connectivity index (χ2v) is 10.5. The fraction of sp³-hybridized carbons (Fsp3) is 0.417. The van der Waals surface area contributed by atoms with Crippen molar-refractivity contribution in [2.45, 2.75) is 51.3 Å². The molecule has 6 heteroatoms. The second-order valence-electron chi connectivity index (χ2n) is 8.78. The Kier molecular flexibility index (Phi) is 5.30. The number of rotatable bonds is 6. The molecule has 0 unspecified atom stereocenters. The fourth-order valence-corrected chi connectivity index (χ4v) is 5.32. The first-order chi connectivity index (χ1) is 14.2. The molecule has 5 nitrogen and oxygen atoms in total. The van der Waals surface area contributed by atoms with E-state index < -0.39 is 10.0 Å². The highest BCUT2D eigenvalue weighted by Gasteiger charge is 2.33. The Morgan fingerprint density at radius 2 is 1.90 bits per heavy atom. The maximum atomic E-state index is 12.8. The monoisotopic (exact) mass is 427 g/mol. The molecule has 0 amide bonds. The highest BCUT2D eigenvalue weighted by atomic mass is 32.2. The van der Waals surface area contributed by atoms with Gasteiger partial charge in [0, 0.05) is 23.1 Å². The van der Waals surface area contributed by atoms with Gasteiger partial charge in [-0.15, -0.1) is 0 Å². The molecule has 2 aromatic carbocycles. The summed E-state index contributed by atoms with van der Waals surface area (Å²) < 4.78 is 39.5. The first-order valence-electron chi connectivity index (χ1n) is 10.4. The summed E-state index contributed by atoms with van der Waals surface area (Å²) in [4.78, 5) is 0.197. The van der Waals surface area contributed by atoms with Crippen LogP contribution in [0.2, 0.25) is 0 Å². The number of aryl methyl sites for hydroxylation is 1. The van der Waals surface area contributed by atoms with Crippen LogP contribution in [0.3, 0.4) is 0 Å². The first-order valence-corrected chi connectivity index (χ1v) is 11.9. The molecule has 0 bridgehead atoms. The summed E-state index contributed by atoms with van der Waals surface area (Å²) >= 11 is 0. The molecule has 0 spiro atoms. The van der Waals surface area contributed by atoms with E-state index in [9.17, 15) is 8.42 Å². The van der Waals surface area contributed by atoms with Crippen molar-refractivity contribution in [2.75, 3.05) is 11.8 Å². The molecule has 4 rings (SSSR count). The number of hydrogen-bond acceptors (Lipinski definition) is 4. The Morgan fingerprint density at radius 3 is 2.57 bits per heavy atom. The van der Waals surface area contributed by atoms with Gasteiger partial charge in [-0.2, -0.15) is 0 Å². The highest BCUT2D eigenvalue weighted by Crippen LogP contribution is 2.43. The average molecular weight is 428 g/mol. The number of ether oxygens (including phenoxy) is 1. The van der Waals surface area contributed by atoms with Crippen LogP contribution in [-0.4, -0.2) is 15.5 Å². The summed E-state index contributed by atoms with van der Waals surface area (Å²) in [5.41, 5.74) is 2.86. The molecule has 0 radical (unpaired) electrons. The summed E-state index contributed by atoms with van der Waals surface area (Å²) in [5.74, 6) is 2.25. The average Bonchev–Trinajstić information content (AvgIpc) is 3.10. The predicted molar refractivity (Wildman–Crippen MR) is 120 cm³/mol. The summed E-state index contributed by atoms with van der Waals surface area (Å²) in [6.45, 7) is 6.91. The van der Waals surface area contributed by atoms with Crippen LogP contribution in [0.15, 0.2) is 51.8 Å². The van der Waals surface area contributed by atoms with Crippen molar-refractivity contribution < 1.29 is 17.6 Å². The van der Waals surface area contributed by atoms with Gasteiger partial charge in [0.25, 0.3) is 10.0 Å². The van der Waals surface area contributed by atoms with Gasteiger partial charge >= 0.3 is 0 Å². The molecular formula is C24H29NO4S. The van der Waals surface area contributed by atoms with E-state index >= 15 is 0 Å². The van der Waals surface area contributed by atoms with Crippen molar-refractivity contribution in [1.29, 1.82) is 0 Å². The zero-order chi connectivity index (χ0) is 21.5. The molecule has 160 valence electrons. The third-order valence-corrected chi connectivity index (χ3v) is 8.08. The van der Waals surface area contributed by atoms with Crippen molar-refractivity contribution in [1.82, 2.24) is 0 Å². The Bertz CT molecular complexity index is 1160. The zero-order valence-electron chi connectivity index (χ0n) is 18.0. The minimum absolute atomic E-state index is 0.197. The standard InChI is InChI=1S/C24H29NO4S/c1-5-24(2,3)16-6-12-22-20(14-16)21-15-17(7-13-23(21)29-22)25-30(26,27)19-10-8-18(28-4)9-11-19/h7-11,13,15-16,25H,5-6,12,14H2,1-4H3/t16-/m1/s1. The normalized spacial score (nSPS) is 17.0. The lowest BCUT2D eigenvalue weighted by molar-refractivity contribution is 0.179. The first kappa shape index (κ1) is 20.8. The number of hydrogen-bond donors (Lipinski definition) is 1. The van der Waals surface area contributed by atoms with Crippen LogP contribution in [0.1, 0.15) is 44.9 Å². The topological polar surface area (TPSA) is 68.5 Å². The van der Waals surface area contributed by atoms with Crippen LogP contribution < -0.4 is 9.46 Å². The maximum Gasteiger partial charge on any atom is 0.261 e. The molecule has 0 fully saturated rings. The van der Waals surface area contributed by atoms with E-state index in [-0.39, 0.29) is 10.3 Å². The third kappa shape index (κ3) is 3.81. The summed E-state index contributed by atoms with van der Waals surface area (Å²) in [5, 5.41) is 1.01. The molecule has 3 aromatic rings. The van der Waals surface area contributed by atoms with Gasteiger partial charge < -0.3 is 9.15 Å². The minimum Gasteiger partial charge on any atom is -0.497 e. The number of sulfonamides is 1. The van der Waals surface area contributed by atoms with Crippen LogP contribution in [0.5, 0.6) is 5.75 Å². The van der Waals surface area contributed by atoms with Gasteiger partial charge in [-0.05, 0) is 66.6 Å². The highest BCUT2D eigenvalue weighted by molar-refractivity contribution is 7.92. The number of furan rings is 1. The zero-order valence-corrected chi connectivity index (χ0v) is 18.8. The molecule has 1 N–H and O–H groups in total. The van der Waals surface area contributed by atoms with E-state index in [1.54, 1.807) is 25.3 Å². The molecular weight excluding hydrogens is 398 g/mol. The Hall–Kier alpha value is -2.47. The van der Waals surface area contributed by atoms with E-state index in [1.807, 2.05) is 12.1 Å². The molecule has 1 atom stereocenters. The van der Waals surface area contributed by atoms with Gasteiger partial charge in [-0.1, -0.05) is 27.2 Å². The van der Waals surface area contributed by atoms with E-state index in [0.29, 0.717) is 17.4 Å². The number of anilines is 1. The quantitative estimate of drug-likeness (QED) is 0.541. The van der Waals surface area contributed by atoms with Gasteiger partial charge in [0.2, 0.25) is 0 Å². The smallest absolute Gasteiger partial charge is 0.261 e. The molecule has 1 aliphatic rings. The van der Waals surface area contributed by atoms with Crippen molar-refractivity contribution in [3.05, 3.63) is 53.8 Å². The van der Waals surface area contributed by atoms with E-state index in [0.717, 1.165) is 42.4 Å². The van der Waals surface area contributed by atoms with Gasteiger partial charge in [-0.25, -0.2) is 8.42 Å². The number of methoxy groups -OCH3 is 1. The molecule has 1 aliphatic carbocycles. The number of fused-ring (bicyclic) bond motifs is 3. The molecule has 1 aromatic heterocycles. The molecule has 0 aliphatic heterocycles. The summed E-state index contributed by atoms with van der Waals surface area (Å²) in [6, 6.07) is 11.9. The lowest BCUT2D eigenvalue weighted by Gasteiger charge is -2.36. The lowest BCUT2D eigenvalue weighted by atomic mass is 9.69. The number of nitrogens with one attached hydrogen (secondary N) is 1. The third-order valence-electron chi connectivity index (χ3n) is 6.68. The lowest BCUT2D eigenvalue weighted by Crippen LogP contribution is -2.28. The van der Waals surface area contributed by atoms with Crippen molar-refractivity contribution >= 4 is 26.7 Å². The maximum absolute atomic E-state index is 12.8. The SMILES string of the molecule is CCC(C)(C)[C@@H]1CCc2oc3ccc(NS(=O)(=O)c4ccc(OC)cc4)cc3c2C1. The minimum atomic E-state index is -3.69. The van der Waals surface area contributed by atoms with Crippen LogP contribution in [0.4, 0.5) is 5.69 Å².